The molecule has 0 atom stereocenters. The van der Waals surface area contributed by atoms with Crippen molar-refractivity contribution in [3.63, 3.8) is 0 Å². The summed E-state index contributed by atoms with van der Waals surface area (Å²) in [7, 11) is 0. The number of hydrogen-bond donors (Lipinski definition) is 1. The molecule has 6 nitrogen and oxygen atoms in total. The lowest BCUT2D eigenvalue weighted by Crippen LogP contribution is -2.39. The van der Waals surface area contributed by atoms with Crippen molar-refractivity contribution in [1.82, 2.24) is 15.1 Å². The number of carbonyl (C=O) groups is 2. The zero-order chi connectivity index (χ0) is 18.1. The van der Waals surface area contributed by atoms with Gasteiger partial charge in [-0.2, -0.15) is 0 Å². The second-order valence-electron chi connectivity index (χ2n) is 6.68. The summed E-state index contributed by atoms with van der Waals surface area (Å²) in [5.74, 6) is 0.570. The van der Waals surface area contributed by atoms with E-state index >= 15 is 0 Å². The van der Waals surface area contributed by atoms with Crippen LogP contribution in [0.15, 0.2) is 16.7 Å². The molecule has 2 rings (SSSR count). The van der Waals surface area contributed by atoms with E-state index in [4.69, 9.17) is 4.42 Å². The lowest BCUT2D eigenvalue weighted by molar-refractivity contribution is -0.121. The Balaban J connectivity index is 1.73. The second kappa shape index (κ2) is 10.2. The van der Waals surface area contributed by atoms with Crippen LogP contribution < -0.4 is 5.32 Å². The molecule has 0 bridgehead atoms. The first kappa shape index (κ1) is 19.5. The maximum atomic E-state index is 12.6. The Bertz CT molecular complexity index is 550. The Morgan fingerprint density at radius 1 is 1.24 bits per heavy atom. The third-order valence-corrected chi connectivity index (χ3v) is 4.68. The molecule has 1 aliphatic heterocycles. The number of aryl methyl sites for hydroxylation is 1. The van der Waals surface area contributed by atoms with Crippen LogP contribution in [0.1, 0.15) is 55.1 Å². The lowest BCUT2D eigenvalue weighted by atomic mass is 10.1. The van der Waals surface area contributed by atoms with E-state index in [2.05, 4.69) is 10.2 Å². The molecule has 6 heteroatoms. The first-order valence-electron chi connectivity index (χ1n) is 9.44. The van der Waals surface area contributed by atoms with E-state index in [1.54, 1.807) is 17.9 Å². The largest absolute Gasteiger partial charge is 0.469 e. The highest BCUT2D eigenvalue weighted by Crippen LogP contribution is 2.13. The van der Waals surface area contributed by atoms with Gasteiger partial charge in [-0.15, -0.1) is 0 Å². The molecule has 0 aromatic carbocycles. The molecule has 1 N–H and O–H groups in total. The van der Waals surface area contributed by atoms with Crippen LogP contribution in [0, 0.1) is 6.92 Å². The molecule has 1 fully saturated rings. The lowest BCUT2D eigenvalue weighted by Gasteiger charge is -2.26. The molecule has 2 heterocycles. The maximum Gasteiger partial charge on any atom is 0.257 e. The highest BCUT2D eigenvalue weighted by atomic mass is 16.3. The Morgan fingerprint density at radius 3 is 2.64 bits per heavy atom. The molecule has 140 valence electrons. The number of nitrogens with one attached hydrogen (secondary N) is 1. The van der Waals surface area contributed by atoms with E-state index < -0.39 is 0 Å². The second-order valence-corrected chi connectivity index (χ2v) is 6.68. The van der Waals surface area contributed by atoms with Crippen LogP contribution in [0.5, 0.6) is 0 Å². The van der Waals surface area contributed by atoms with Gasteiger partial charge in [-0.3, -0.25) is 9.59 Å². The zero-order valence-electron chi connectivity index (χ0n) is 15.6. The van der Waals surface area contributed by atoms with Gasteiger partial charge in [0.25, 0.3) is 5.91 Å². The molecule has 0 saturated carbocycles. The number of hydrogen-bond acceptors (Lipinski definition) is 4. The van der Waals surface area contributed by atoms with Crippen molar-refractivity contribution in [2.24, 2.45) is 0 Å². The molecule has 0 spiro atoms. The van der Waals surface area contributed by atoms with Gasteiger partial charge in [0.15, 0.2) is 0 Å². The molecule has 1 aromatic rings. The number of furan rings is 1. The van der Waals surface area contributed by atoms with E-state index in [1.165, 1.54) is 25.5 Å². The topological polar surface area (TPSA) is 65.8 Å². The number of nitrogens with zero attached hydrogens (tertiary/aromatic N) is 2. The van der Waals surface area contributed by atoms with Gasteiger partial charge in [0.2, 0.25) is 5.91 Å². The average molecular weight is 349 g/mol. The summed E-state index contributed by atoms with van der Waals surface area (Å²) in [5.41, 5.74) is 0.582. The summed E-state index contributed by atoms with van der Waals surface area (Å²) in [4.78, 5) is 28.8. The molecule has 0 radical (unpaired) electrons. The molecule has 2 amide bonds. The average Bonchev–Trinajstić information content (AvgIpc) is 3.05. The molecular weight excluding hydrogens is 318 g/mol. The number of amides is 2. The smallest absolute Gasteiger partial charge is 0.257 e. The van der Waals surface area contributed by atoms with E-state index in [0.717, 1.165) is 26.1 Å². The van der Waals surface area contributed by atoms with Crippen LogP contribution in [-0.2, 0) is 4.79 Å². The first-order chi connectivity index (χ1) is 12.1. The van der Waals surface area contributed by atoms with Crippen LogP contribution in [0.2, 0.25) is 0 Å². The number of carbonyl (C=O) groups excluding carboxylic acids is 2. The van der Waals surface area contributed by atoms with E-state index in [-0.39, 0.29) is 11.8 Å². The fourth-order valence-corrected chi connectivity index (χ4v) is 3.22. The van der Waals surface area contributed by atoms with E-state index in [0.29, 0.717) is 37.4 Å². The number of rotatable bonds is 9. The van der Waals surface area contributed by atoms with Crippen LogP contribution in [0.25, 0.3) is 0 Å². The Kier molecular flexibility index (Phi) is 7.98. The third-order valence-electron chi connectivity index (χ3n) is 4.68. The molecule has 1 saturated heterocycles. The third kappa shape index (κ3) is 6.20. The van der Waals surface area contributed by atoms with Crippen molar-refractivity contribution >= 4 is 11.8 Å². The fourth-order valence-electron chi connectivity index (χ4n) is 3.22. The van der Waals surface area contributed by atoms with Gasteiger partial charge in [-0.1, -0.05) is 13.3 Å². The molecule has 25 heavy (non-hydrogen) atoms. The minimum atomic E-state index is -0.0609. The van der Waals surface area contributed by atoms with Gasteiger partial charge in [0.05, 0.1) is 11.8 Å². The normalized spacial score (nSPS) is 15.1. The van der Waals surface area contributed by atoms with Gasteiger partial charge in [-0.05, 0) is 45.3 Å². The van der Waals surface area contributed by atoms with Crippen LogP contribution in [-0.4, -0.2) is 60.9 Å². The van der Waals surface area contributed by atoms with Gasteiger partial charge in [-0.25, -0.2) is 0 Å². The van der Waals surface area contributed by atoms with Crippen molar-refractivity contribution in [3.8, 4) is 0 Å². The van der Waals surface area contributed by atoms with Crippen molar-refractivity contribution in [2.45, 2.75) is 46.0 Å². The predicted molar refractivity (Wildman–Crippen MR) is 97.6 cm³/mol. The summed E-state index contributed by atoms with van der Waals surface area (Å²) >= 11 is 0. The fraction of sp³-hybridized carbons (Fsp3) is 0.684. The molecular formula is C19H31N3O3. The maximum absolute atomic E-state index is 12.6. The van der Waals surface area contributed by atoms with E-state index in [1.807, 2.05) is 6.92 Å². The summed E-state index contributed by atoms with van der Waals surface area (Å²) in [6.07, 6.45) is 6.56. The monoisotopic (exact) mass is 349 g/mol. The van der Waals surface area contributed by atoms with Gasteiger partial charge >= 0.3 is 0 Å². The molecule has 0 aliphatic carbocycles. The standard InChI is InChI=1S/C19H31N3O3/c1-3-10-22(19(24)17-8-15-25-16(17)2)13-7-18(23)20-9-14-21-11-5-4-6-12-21/h8,15H,3-7,9-14H2,1-2H3,(H,20,23). The van der Waals surface area contributed by atoms with Crippen molar-refractivity contribution in [3.05, 3.63) is 23.7 Å². The number of piperidine rings is 1. The predicted octanol–water partition coefficient (Wildman–Crippen LogP) is 2.43. The minimum Gasteiger partial charge on any atom is -0.469 e. The zero-order valence-corrected chi connectivity index (χ0v) is 15.6. The van der Waals surface area contributed by atoms with Crippen molar-refractivity contribution < 1.29 is 14.0 Å². The summed E-state index contributed by atoms with van der Waals surface area (Å²) in [6.45, 7) is 8.76. The van der Waals surface area contributed by atoms with Gasteiger partial charge in [0.1, 0.15) is 5.76 Å². The Morgan fingerprint density at radius 2 is 2.00 bits per heavy atom. The number of likely N-dealkylation sites (tertiary alicyclic amines) is 1. The Labute approximate surface area is 150 Å². The molecule has 0 unspecified atom stereocenters. The van der Waals surface area contributed by atoms with Crippen LogP contribution >= 0.6 is 0 Å². The van der Waals surface area contributed by atoms with Gasteiger partial charge < -0.3 is 19.5 Å². The SMILES string of the molecule is CCCN(CCC(=O)NCCN1CCCCC1)C(=O)c1ccoc1C. The quantitative estimate of drug-likeness (QED) is 0.744. The van der Waals surface area contributed by atoms with Gasteiger partial charge in [0, 0.05) is 32.6 Å². The Hall–Kier alpha value is -1.82. The summed E-state index contributed by atoms with van der Waals surface area (Å²) < 4.78 is 5.22. The van der Waals surface area contributed by atoms with E-state index in [9.17, 15) is 9.59 Å². The highest BCUT2D eigenvalue weighted by Gasteiger charge is 2.19. The molecule has 1 aromatic heterocycles. The van der Waals surface area contributed by atoms with Crippen molar-refractivity contribution in [2.75, 3.05) is 39.3 Å². The first-order valence-corrected chi connectivity index (χ1v) is 9.44. The van der Waals surface area contributed by atoms with Crippen molar-refractivity contribution in [1.29, 1.82) is 0 Å². The highest BCUT2D eigenvalue weighted by molar-refractivity contribution is 5.95. The molecule has 1 aliphatic rings. The minimum absolute atomic E-state index is 0.00910. The van der Waals surface area contributed by atoms with Crippen LogP contribution in [0.3, 0.4) is 0 Å². The summed E-state index contributed by atoms with van der Waals surface area (Å²) in [5, 5.41) is 2.98. The summed E-state index contributed by atoms with van der Waals surface area (Å²) in [6, 6.07) is 1.69. The van der Waals surface area contributed by atoms with Crippen LogP contribution in [0.4, 0.5) is 0 Å².